The maximum Gasteiger partial charge on any atom is 0.263 e. The monoisotopic (exact) mass is 402 g/mol. The van der Waals surface area contributed by atoms with Crippen LogP contribution in [-0.2, 0) is 6.42 Å². The van der Waals surface area contributed by atoms with Crippen LogP contribution in [0.4, 0.5) is 8.78 Å². The number of nitrogens with zero attached hydrogens (tertiary/aromatic N) is 1. The third kappa shape index (κ3) is 3.78. The number of amides is 1. The third-order valence-corrected chi connectivity index (χ3v) is 6.02. The number of ether oxygens (including phenoxy) is 1. The summed E-state index contributed by atoms with van der Waals surface area (Å²) in [6.07, 6.45) is 3.20. The Kier molecular flexibility index (Phi) is 5.15. The lowest BCUT2D eigenvalue weighted by atomic mass is 9.92. The summed E-state index contributed by atoms with van der Waals surface area (Å²) in [7, 11) is 1.63. The van der Waals surface area contributed by atoms with Gasteiger partial charge in [0, 0.05) is 25.1 Å². The number of hydrogen-bond donors (Lipinski definition) is 1. The van der Waals surface area contributed by atoms with E-state index in [4.69, 9.17) is 4.74 Å². The van der Waals surface area contributed by atoms with E-state index in [-0.39, 0.29) is 48.9 Å². The first-order chi connectivity index (χ1) is 13.9. The van der Waals surface area contributed by atoms with E-state index < -0.39 is 11.8 Å². The molecule has 1 atom stereocenters. The van der Waals surface area contributed by atoms with Gasteiger partial charge in [-0.3, -0.25) is 9.59 Å². The summed E-state index contributed by atoms with van der Waals surface area (Å²) in [5, 5.41) is 2.76. The van der Waals surface area contributed by atoms with E-state index in [0.717, 1.165) is 29.7 Å². The number of methoxy groups -OCH3 is 1. The van der Waals surface area contributed by atoms with Crippen molar-refractivity contribution in [3.05, 3.63) is 63.6 Å². The van der Waals surface area contributed by atoms with Crippen LogP contribution in [0.5, 0.6) is 5.75 Å². The molecule has 1 amide bonds. The van der Waals surface area contributed by atoms with Crippen molar-refractivity contribution in [2.45, 2.75) is 56.5 Å². The van der Waals surface area contributed by atoms with Crippen molar-refractivity contribution in [2.24, 2.45) is 0 Å². The van der Waals surface area contributed by atoms with Gasteiger partial charge in [0.2, 0.25) is 5.92 Å². The van der Waals surface area contributed by atoms with E-state index in [1.54, 1.807) is 23.9 Å². The molecule has 5 nitrogen and oxygen atoms in total. The molecule has 2 aliphatic rings. The molecule has 2 aromatic rings. The molecule has 0 saturated heterocycles. The van der Waals surface area contributed by atoms with Crippen molar-refractivity contribution in [1.29, 1.82) is 0 Å². The first kappa shape index (κ1) is 19.6. The minimum Gasteiger partial charge on any atom is -0.496 e. The van der Waals surface area contributed by atoms with Crippen LogP contribution in [0, 0.1) is 0 Å². The molecule has 154 valence electrons. The number of rotatable bonds is 4. The Balaban J connectivity index is 1.57. The number of carbonyl (C=O) groups excluding carboxylic acids is 1. The average molecular weight is 402 g/mol. The van der Waals surface area contributed by atoms with Gasteiger partial charge in [-0.05, 0) is 55.0 Å². The van der Waals surface area contributed by atoms with Gasteiger partial charge in [0.05, 0.1) is 13.2 Å². The molecule has 2 aliphatic carbocycles. The number of hydrogen-bond acceptors (Lipinski definition) is 3. The number of benzene rings is 1. The van der Waals surface area contributed by atoms with Crippen molar-refractivity contribution < 1.29 is 18.3 Å². The predicted molar refractivity (Wildman–Crippen MR) is 105 cm³/mol. The van der Waals surface area contributed by atoms with Crippen molar-refractivity contribution in [3.63, 3.8) is 0 Å². The Labute approximate surface area is 167 Å². The van der Waals surface area contributed by atoms with Crippen LogP contribution in [0.15, 0.2) is 41.3 Å². The Morgan fingerprint density at radius 2 is 1.93 bits per heavy atom. The van der Waals surface area contributed by atoms with Crippen LogP contribution in [-0.4, -0.2) is 29.5 Å². The van der Waals surface area contributed by atoms with E-state index in [2.05, 4.69) is 5.32 Å². The van der Waals surface area contributed by atoms with Gasteiger partial charge in [-0.25, -0.2) is 8.78 Å². The molecule has 7 heteroatoms. The fraction of sp³-hybridized carbons (Fsp3) is 0.455. The van der Waals surface area contributed by atoms with Crippen molar-refractivity contribution in [2.75, 3.05) is 7.11 Å². The number of fused-ring (bicyclic) bond motifs is 1. The SMILES string of the molecule is COc1cccc2c1CCC2n1cccc(C(=O)NC2CCC(F)(F)CC2)c1=O. The highest BCUT2D eigenvalue weighted by molar-refractivity contribution is 5.94. The molecule has 0 spiro atoms. The van der Waals surface area contributed by atoms with Crippen LogP contribution in [0.2, 0.25) is 0 Å². The molecular formula is C22H24F2N2O3. The lowest BCUT2D eigenvalue weighted by Gasteiger charge is -2.28. The number of alkyl halides is 2. The Bertz CT molecular complexity index is 976. The van der Waals surface area contributed by atoms with Gasteiger partial charge in [-0.1, -0.05) is 12.1 Å². The fourth-order valence-corrected chi connectivity index (χ4v) is 4.45. The summed E-state index contributed by atoms with van der Waals surface area (Å²) in [5.74, 6) is -2.35. The number of aromatic nitrogens is 1. The summed E-state index contributed by atoms with van der Waals surface area (Å²) >= 11 is 0. The van der Waals surface area contributed by atoms with E-state index >= 15 is 0 Å². The minimum absolute atomic E-state index is 0.0428. The van der Waals surface area contributed by atoms with E-state index in [1.165, 1.54) is 6.07 Å². The first-order valence-electron chi connectivity index (χ1n) is 9.95. The van der Waals surface area contributed by atoms with Crippen LogP contribution < -0.4 is 15.6 Å². The average Bonchev–Trinajstić information content (AvgIpc) is 3.13. The van der Waals surface area contributed by atoms with Crippen LogP contribution >= 0.6 is 0 Å². The van der Waals surface area contributed by atoms with Gasteiger partial charge >= 0.3 is 0 Å². The quantitative estimate of drug-likeness (QED) is 0.848. The molecule has 0 radical (unpaired) electrons. The first-order valence-corrected chi connectivity index (χ1v) is 9.95. The summed E-state index contributed by atoms with van der Waals surface area (Å²) in [5.41, 5.74) is 1.79. The zero-order valence-corrected chi connectivity index (χ0v) is 16.3. The van der Waals surface area contributed by atoms with Crippen LogP contribution in [0.25, 0.3) is 0 Å². The Morgan fingerprint density at radius 3 is 2.66 bits per heavy atom. The lowest BCUT2D eigenvalue weighted by Crippen LogP contribution is -2.42. The summed E-state index contributed by atoms with van der Waals surface area (Å²) in [4.78, 5) is 25.7. The van der Waals surface area contributed by atoms with Crippen molar-refractivity contribution >= 4 is 5.91 Å². The summed E-state index contributed by atoms with van der Waals surface area (Å²) in [6.45, 7) is 0. The van der Waals surface area contributed by atoms with Crippen LogP contribution in [0.1, 0.15) is 59.6 Å². The normalized spacial score (nSPS) is 20.9. The van der Waals surface area contributed by atoms with E-state index in [1.807, 2.05) is 18.2 Å². The zero-order valence-electron chi connectivity index (χ0n) is 16.3. The Morgan fingerprint density at radius 1 is 1.17 bits per heavy atom. The van der Waals surface area contributed by atoms with Gasteiger partial charge in [0.25, 0.3) is 11.5 Å². The maximum absolute atomic E-state index is 13.3. The highest BCUT2D eigenvalue weighted by Gasteiger charge is 2.35. The molecule has 1 aromatic heterocycles. The number of carbonyl (C=O) groups is 1. The standard InChI is InChI=1S/C22H24F2N2O3/c1-29-19-6-2-4-15-16(19)7-8-18(15)26-13-3-5-17(21(26)28)20(27)25-14-9-11-22(23,24)12-10-14/h2-6,13-14,18H,7-12H2,1H3,(H,25,27). The molecule has 0 aliphatic heterocycles. The Hall–Kier alpha value is -2.70. The molecule has 1 saturated carbocycles. The van der Waals surface area contributed by atoms with Crippen molar-refractivity contribution in [3.8, 4) is 5.75 Å². The topological polar surface area (TPSA) is 60.3 Å². The minimum atomic E-state index is -2.66. The molecule has 1 N–H and O–H groups in total. The molecule has 1 heterocycles. The second kappa shape index (κ2) is 7.61. The van der Waals surface area contributed by atoms with Crippen molar-refractivity contribution in [1.82, 2.24) is 9.88 Å². The van der Waals surface area contributed by atoms with E-state index in [9.17, 15) is 18.4 Å². The highest BCUT2D eigenvalue weighted by atomic mass is 19.3. The summed E-state index contributed by atoms with van der Waals surface area (Å²) in [6, 6.07) is 8.48. The lowest BCUT2D eigenvalue weighted by molar-refractivity contribution is -0.0399. The van der Waals surface area contributed by atoms with Crippen LogP contribution in [0.3, 0.4) is 0 Å². The van der Waals surface area contributed by atoms with Gasteiger partial charge < -0.3 is 14.6 Å². The fourth-order valence-electron chi connectivity index (χ4n) is 4.45. The molecule has 29 heavy (non-hydrogen) atoms. The molecule has 4 rings (SSSR count). The number of halogens is 2. The van der Waals surface area contributed by atoms with E-state index in [0.29, 0.717) is 0 Å². The zero-order chi connectivity index (χ0) is 20.6. The predicted octanol–water partition coefficient (Wildman–Crippen LogP) is 3.70. The highest BCUT2D eigenvalue weighted by Crippen LogP contribution is 2.38. The molecule has 0 bridgehead atoms. The second-order valence-corrected chi connectivity index (χ2v) is 7.82. The number of nitrogens with one attached hydrogen (secondary N) is 1. The second-order valence-electron chi connectivity index (χ2n) is 7.82. The smallest absolute Gasteiger partial charge is 0.263 e. The third-order valence-electron chi connectivity index (χ3n) is 6.02. The van der Waals surface area contributed by atoms with Gasteiger partial charge in [-0.15, -0.1) is 0 Å². The number of pyridine rings is 1. The molecular weight excluding hydrogens is 378 g/mol. The molecule has 1 aromatic carbocycles. The molecule has 1 unspecified atom stereocenters. The van der Waals surface area contributed by atoms with Gasteiger partial charge in [0.15, 0.2) is 0 Å². The summed E-state index contributed by atoms with van der Waals surface area (Å²) < 4.78 is 33.7. The largest absolute Gasteiger partial charge is 0.496 e. The van der Waals surface area contributed by atoms with Gasteiger partial charge in [-0.2, -0.15) is 0 Å². The maximum atomic E-state index is 13.3. The van der Waals surface area contributed by atoms with Gasteiger partial charge in [0.1, 0.15) is 11.3 Å². The molecule has 1 fully saturated rings.